The summed E-state index contributed by atoms with van der Waals surface area (Å²) in [7, 11) is 1.44. The molecule has 0 radical (unpaired) electrons. The van der Waals surface area contributed by atoms with Crippen molar-refractivity contribution >= 4 is 28.4 Å². The molecule has 0 bridgehead atoms. The van der Waals surface area contributed by atoms with E-state index >= 15 is 0 Å². The van der Waals surface area contributed by atoms with Gasteiger partial charge in [-0.25, -0.2) is 14.1 Å². The molecule has 1 aliphatic rings. The van der Waals surface area contributed by atoms with Crippen LogP contribution in [-0.2, 0) is 9.59 Å². The smallest absolute Gasteiger partial charge is 0.321 e. The molecule has 1 N–H and O–H groups in total. The predicted octanol–water partition coefficient (Wildman–Crippen LogP) is 4.19. The second kappa shape index (κ2) is 9.23. The fourth-order valence-corrected chi connectivity index (χ4v) is 4.52. The van der Waals surface area contributed by atoms with E-state index < -0.39 is 23.9 Å². The number of carbonyl (C=O) groups is 2. The maximum Gasteiger partial charge on any atom is 0.321 e. The molecule has 2 atom stereocenters. The molecule has 2 aromatic carbocycles. The van der Waals surface area contributed by atoms with Crippen molar-refractivity contribution in [1.29, 1.82) is 0 Å². The summed E-state index contributed by atoms with van der Waals surface area (Å²) in [6, 6.07) is 12.6. The van der Waals surface area contributed by atoms with Gasteiger partial charge in [0.2, 0.25) is 11.8 Å². The molecule has 4 aromatic rings. The van der Waals surface area contributed by atoms with Crippen molar-refractivity contribution in [1.82, 2.24) is 20.1 Å². The minimum absolute atomic E-state index is 0.177. The number of hydrogen-bond donors (Lipinski definition) is 1. The average Bonchev–Trinajstić information content (AvgIpc) is 3.44. The first kappa shape index (κ1) is 24.3. The number of anilines is 1. The van der Waals surface area contributed by atoms with E-state index in [1.165, 1.54) is 30.3 Å². The van der Waals surface area contributed by atoms with Crippen LogP contribution in [0.5, 0.6) is 5.88 Å². The number of carbonyl (C=O) groups excluding carboxylic acids is 2. The molecule has 37 heavy (non-hydrogen) atoms. The summed E-state index contributed by atoms with van der Waals surface area (Å²) in [5.74, 6) is -5.51. The maximum atomic E-state index is 13.7. The minimum atomic E-state index is -3.61. The topological polar surface area (TPSA) is 89.4 Å². The molecular formula is C26H22F3N5O3. The Bertz CT molecular complexity index is 1480. The van der Waals surface area contributed by atoms with Gasteiger partial charge in [-0.2, -0.15) is 13.9 Å². The van der Waals surface area contributed by atoms with Crippen molar-refractivity contribution in [3.63, 3.8) is 0 Å². The van der Waals surface area contributed by atoms with Gasteiger partial charge in [-0.15, -0.1) is 0 Å². The maximum absolute atomic E-state index is 13.7. The van der Waals surface area contributed by atoms with E-state index in [-0.39, 0.29) is 24.0 Å². The van der Waals surface area contributed by atoms with E-state index in [2.05, 4.69) is 15.4 Å². The molecule has 0 unspecified atom stereocenters. The van der Waals surface area contributed by atoms with Crippen molar-refractivity contribution in [3.8, 4) is 11.6 Å². The zero-order chi connectivity index (χ0) is 26.3. The zero-order valence-corrected chi connectivity index (χ0v) is 19.9. The Morgan fingerprint density at radius 2 is 1.84 bits per heavy atom. The first-order valence-electron chi connectivity index (χ1n) is 11.4. The van der Waals surface area contributed by atoms with E-state index in [4.69, 9.17) is 4.74 Å². The molecule has 190 valence electrons. The number of fused-ring (bicyclic) bond motifs is 1. The normalized spacial score (nSPS) is 17.9. The Morgan fingerprint density at radius 1 is 1.11 bits per heavy atom. The number of nitrogens with zero attached hydrogens (tertiary/aromatic N) is 4. The van der Waals surface area contributed by atoms with Crippen LogP contribution >= 0.6 is 0 Å². The fourth-order valence-electron chi connectivity index (χ4n) is 4.52. The van der Waals surface area contributed by atoms with E-state index in [0.29, 0.717) is 29.2 Å². The number of pyridine rings is 1. The predicted molar refractivity (Wildman–Crippen MR) is 129 cm³/mol. The van der Waals surface area contributed by atoms with Gasteiger partial charge in [-0.05, 0) is 54.1 Å². The van der Waals surface area contributed by atoms with Gasteiger partial charge in [0, 0.05) is 36.7 Å². The van der Waals surface area contributed by atoms with Crippen molar-refractivity contribution in [3.05, 3.63) is 78.4 Å². The molecule has 1 aliphatic heterocycles. The van der Waals surface area contributed by atoms with Crippen LogP contribution in [0.25, 0.3) is 16.6 Å². The number of halogens is 3. The molecule has 3 heterocycles. The van der Waals surface area contributed by atoms with Gasteiger partial charge in [-0.1, -0.05) is 0 Å². The van der Waals surface area contributed by atoms with E-state index in [1.807, 2.05) is 0 Å². The first-order valence-corrected chi connectivity index (χ1v) is 11.4. The van der Waals surface area contributed by atoms with Crippen molar-refractivity contribution in [2.75, 3.05) is 12.0 Å². The van der Waals surface area contributed by atoms with Crippen molar-refractivity contribution in [2.45, 2.75) is 31.4 Å². The minimum Gasteiger partial charge on any atom is -0.481 e. The van der Waals surface area contributed by atoms with Gasteiger partial charge in [0.1, 0.15) is 5.82 Å². The van der Waals surface area contributed by atoms with Crippen molar-refractivity contribution < 1.29 is 27.5 Å². The highest BCUT2D eigenvalue weighted by atomic mass is 19.3. The lowest BCUT2D eigenvalue weighted by Crippen LogP contribution is -2.46. The van der Waals surface area contributed by atoms with Gasteiger partial charge in [0.25, 0.3) is 5.91 Å². The number of alkyl halides is 2. The van der Waals surface area contributed by atoms with Crippen LogP contribution < -0.4 is 15.0 Å². The third kappa shape index (κ3) is 4.59. The molecule has 2 amide bonds. The van der Waals surface area contributed by atoms with Gasteiger partial charge in [-0.3, -0.25) is 9.59 Å². The summed E-state index contributed by atoms with van der Waals surface area (Å²) in [6.45, 7) is 0.508. The average molecular weight is 509 g/mol. The number of hydrogen-bond acceptors (Lipinski definition) is 5. The number of ether oxygens (including phenoxy) is 1. The largest absolute Gasteiger partial charge is 0.481 e. The van der Waals surface area contributed by atoms with Crippen LogP contribution in [0.15, 0.2) is 67.0 Å². The van der Waals surface area contributed by atoms with Crippen molar-refractivity contribution in [2.24, 2.45) is 0 Å². The fraction of sp³-hybridized carbons (Fsp3) is 0.231. The third-order valence-corrected chi connectivity index (χ3v) is 6.25. The Hall–Kier alpha value is -4.41. The van der Waals surface area contributed by atoms with Crippen LogP contribution in [0.4, 0.5) is 18.9 Å². The zero-order valence-electron chi connectivity index (χ0n) is 19.9. The Kier molecular flexibility index (Phi) is 6.06. The highest BCUT2D eigenvalue weighted by Gasteiger charge is 2.45. The number of methoxy groups -OCH3 is 1. The summed E-state index contributed by atoms with van der Waals surface area (Å²) in [4.78, 5) is 30.9. The van der Waals surface area contributed by atoms with Crippen LogP contribution in [0, 0.1) is 5.82 Å². The molecule has 1 saturated heterocycles. The van der Waals surface area contributed by atoms with E-state index in [9.17, 15) is 22.8 Å². The Morgan fingerprint density at radius 3 is 2.54 bits per heavy atom. The number of rotatable bonds is 6. The lowest BCUT2D eigenvalue weighted by atomic mass is 10.00. The van der Waals surface area contributed by atoms with Crippen LogP contribution in [0.1, 0.15) is 24.9 Å². The van der Waals surface area contributed by atoms with Gasteiger partial charge in [0.15, 0.2) is 0 Å². The first-order chi connectivity index (χ1) is 17.7. The summed E-state index contributed by atoms with van der Waals surface area (Å²) in [6.07, 6.45) is 2.92. The van der Waals surface area contributed by atoms with Crippen LogP contribution in [0.3, 0.4) is 0 Å². The van der Waals surface area contributed by atoms with Crippen LogP contribution in [0.2, 0.25) is 0 Å². The lowest BCUT2D eigenvalue weighted by molar-refractivity contribution is -0.143. The van der Waals surface area contributed by atoms with E-state index in [0.717, 1.165) is 5.52 Å². The summed E-state index contributed by atoms with van der Waals surface area (Å²) in [5.41, 5.74) is 2.44. The number of benzene rings is 2. The SMILES string of the molecule is COc1cc([C@@H]2[C@@H](NC(=O)C(C)(F)F)CC(=O)N2c2ccc3c(cnn3-c3ccc(F)cc3)c2)ccn1. The number of amides is 2. The monoisotopic (exact) mass is 509 g/mol. The van der Waals surface area contributed by atoms with Gasteiger partial charge in [0.05, 0.1) is 36.6 Å². The summed E-state index contributed by atoms with van der Waals surface area (Å²) < 4.78 is 47.6. The molecule has 0 aliphatic carbocycles. The second-order valence-corrected chi connectivity index (χ2v) is 8.79. The molecule has 2 aromatic heterocycles. The molecule has 0 spiro atoms. The highest BCUT2D eigenvalue weighted by Crippen LogP contribution is 2.39. The Balaban J connectivity index is 1.56. The van der Waals surface area contributed by atoms with Gasteiger partial charge >= 0.3 is 5.92 Å². The number of nitrogens with one attached hydrogen (secondary N) is 1. The molecule has 1 fully saturated rings. The lowest BCUT2D eigenvalue weighted by Gasteiger charge is -2.29. The molecule has 11 heteroatoms. The van der Waals surface area contributed by atoms with Gasteiger partial charge < -0.3 is 15.0 Å². The Labute approximate surface area is 209 Å². The molecule has 0 saturated carbocycles. The van der Waals surface area contributed by atoms with E-state index in [1.54, 1.807) is 53.3 Å². The molecule has 8 nitrogen and oxygen atoms in total. The quantitative estimate of drug-likeness (QED) is 0.421. The molecule has 5 rings (SSSR count). The third-order valence-electron chi connectivity index (χ3n) is 6.25. The number of aromatic nitrogens is 3. The summed E-state index contributed by atoms with van der Waals surface area (Å²) in [5, 5.41) is 7.43. The summed E-state index contributed by atoms with van der Waals surface area (Å²) >= 11 is 0. The highest BCUT2D eigenvalue weighted by molar-refractivity contribution is 6.00. The second-order valence-electron chi connectivity index (χ2n) is 8.79. The molecular weight excluding hydrogens is 487 g/mol. The standard InChI is InChI=1S/C26H22F3N5O3/c1-26(28,29)25(36)32-20-13-23(35)33(24(20)15-9-10-30-22(12-15)37-2)19-7-8-21-16(11-19)14-31-34(21)18-5-3-17(27)4-6-18/h3-12,14,20,24H,13H2,1-2H3,(H,32,36)/t20-,24+/m0/s1. The van der Waals surface area contributed by atoms with Crippen LogP contribution in [-0.4, -0.2) is 45.7 Å².